The van der Waals surface area contributed by atoms with Crippen LogP contribution in [0.15, 0.2) is 22.1 Å². The molecular weight excluding hydrogens is 300 g/mol. The van der Waals surface area contributed by atoms with Crippen molar-refractivity contribution >= 4 is 41.6 Å². The van der Waals surface area contributed by atoms with Crippen molar-refractivity contribution in [3.63, 3.8) is 0 Å². The number of aromatic nitrogens is 1. The Morgan fingerprint density at radius 3 is 1.86 bits per heavy atom. The average Bonchev–Trinajstić information content (AvgIpc) is 2.48. The molecule has 0 fully saturated rings. The van der Waals surface area contributed by atoms with Crippen LogP contribution in [0.2, 0.25) is 0 Å². The van der Waals surface area contributed by atoms with Crippen molar-refractivity contribution < 1.29 is 0 Å². The van der Waals surface area contributed by atoms with Gasteiger partial charge in [0.05, 0.1) is 11.4 Å². The van der Waals surface area contributed by atoms with Crippen LogP contribution in [-0.2, 0) is 0 Å². The quantitative estimate of drug-likeness (QED) is 0.517. The standard InChI is InChI=1S/C15H24N4S2/c1-19(2)15-9-13(11-16-5-7-20-3)18-14(10-15)12-17-6-8-21-4/h9-12H,5-8H2,1-4H3. The summed E-state index contributed by atoms with van der Waals surface area (Å²) < 4.78 is 0. The maximum Gasteiger partial charge on any atom is 0.0836 e. The van der Waals surface area contributed by atoms with Crippen molar-refractivity contribution in [2.45, 2.75) is 0 Å². The minimum Gasteiger partial charge on any atom is -0.378 e. The second-order valence-electron chi connectivity index (χ2n) is 4.63. The normalized spacial score (nSPS) is 11.6. The van der Waals surface area contributed by atoms with E-state index in [1.807, 2.05) is 38.7 Å². The lowest BCUT2D eigenvalue weighted by Gasteiger charge is -2.13. The third-order valence-electron chi connectivity index (χ3n) is 2.66. The second-order valence-corrected chi connectivity index (χ2v) is 6.60. The van der Waals surface area contributed by atoms with Crippen molar-refractivity contribution in [1.82, 2.24) is 4.98 Å². The predicted molar refractivity (Wildman–Crippen MR) is 100 cm³/mol. The van der Waals surface area contributed by atoms with Gasteiger partial charge in [0.2, 0.25) is 0 Å². The van der Waals surface area contributed by atoms with Crippen molar-refractivity contribution in [2.24, 2.45) is 9.98 Å². The molecule has 0 N–H and O–H groups in total. The average molecular weight is 325 g/mol. The lowest BCUT2D eigenvalue weighted by atomic mass is 10.2. The highest BCUT2D eigenvalue weighted by Gasteiger charge is 2.01. The first-order valence-corrected chi connectivity index (χ1v) is 9.63. The van der Waals surface area contributed by atoms with Crippen LogP contribution in [0.4, 0.5) is 5.69 Å². The first-order valence-electron chi connectivity index (χ1n) is 6.84. The van der Waals surface area contributed by atoms with Gasteiger partial charge in [-0.15, -0.1) is 0 Å². The van der Waals surface area contributed by atoms with Gasteiger partial charge in [-0.25, -0.2) is 4.98 Å². The van der Waals surface area contributed by atoms with E-state index in [1.165, 1.54) is 0 Å². The van der Waals surface area contributed by atoms with Crippen LogP contribution in [0, 0.1) is 0 Å². The zero-order valence-electron chi connectivity index (χ0n) is 13.2. The molecular formula is C15H24N4S2. The molecule has 1 aromatic rings. The second kappa shape index (κ2) is 10.7. The minimum absolute atomic E-state index is 0.826. The molecule has 0 atom stereocenters. The Labute approximate surface area is 136 Å². The molecule has 0 saturated heterocycles. The first-order chi connectivity index (χ1) is 10.2. The van der Waals surface area contributed by atoms with E-state index in [4.69, 9.17) is 0 Å². The molecule has 116 valence electrons. The summed E-state index contributed by atoms with van der Waals surface area (Å²) >= 11 is 3.60. The van der Waals surface area contributed by atoms with Gasteiger partial charge in [-0.2, -0.15) is 23.5 Å². The molecule has 0 bridgehead atoms. The van der Waals surface area contributed by atoms with Crippen LogP contribution in [0.1, 0.15) is 11.4 Å². The molecule has 1 heterocycles. The van der Waals surface area contributed by atoms with Crippen LogP contribution >= 0.6 is 23.5 Å². The van der Waals surface area contributed by atoms with Gasteiger partial charge in [-0.1, -0.05) is 0 Å². The molecule has 0 aromatic carbocycles. The third-order valence-corrected chi connectivity index (χ3v) is 3.84. The fourth-order valence-corrected chi connectivity index (χ4v) is 2.13. The fourth-order valence-electron chi connectivity index (χ4n) is 1.55. The van der Waals surface area contributed by atoms with Crippen molar-refractivity contribution in [3.8, 4) is 0 Å². The van der Waals surface area contributed by atoms with Crippen molar-refractivity contribution in [2.75, 3.05) is 56.1 Å². The Morgan fingerprint density at radius 2 is 1.48 bits per heavy atom. The number of hydrogen-bond acceptors (Lipinski definition) is 6. The van der Waals surface area contributed by atoms with E-state index in [2.05, 4.69) is 32.4 Å². The summed E-state index contributed by atoms with van der Waals surface area (Å²) in [6.07, 6.45) is 7.87. The summed E-state index contributed by atoms with van der Waals surface area (Å²) in [5.41, 5.74) is 2.88. The van der Waals surface area contributed by atoms with Crippen LogP contribution in [-0.4, -0.2) is 68.6 Å². The number of anilines is 1. The van der Waals surface area contributed by atoms with Crippen LogP contribution < -0.4 is 4.90 Å². The SMILES string of the molecule is CSCCN=Cc1cc(N(C)C)cc(C=NCCSC)n1. The molecule has 4 nitrogen and oxygen atoms in total. The molecule has 6 heteroatoms. The lowest BCUT2D eigenvalue weighted by Crippen LogP contribution is -2.10. The van der Waals surface area contributed by atoms with Gasteiger partial charge >= 0.3 is 0 Å². The Kier molecular flexibility index (Phi) is 9.17. The Hall–Kier alpha value is -1.01. The molecule has 0 aliphatic carbocycles. The van der Waals surface area contributed by atoms with E-state index in [-0.39, 0.29) is 0 Å². The van der Waals surface area contributed by atoms with Gasteiger partial charge in [-0.05, 0) is 24.6 Å². The topological polar surface area (TPSA) is 40.9 Å². The van der Waals surface area contributed by atoms with E-state index in [9.17, 15) is 0 Å². The molecule has 0 spiro atoms. The summed E-state index contributed by atoms with van der Waals surface area (Å²) in [6, 6.07) is 4.09. The molecule has 1 aromatic heterocycles. The summed E-state index contributed by atoms with van der Waals surface area (Å²) in [5, 5.41) is 0. The summed E-state index contributed by atoms with van der Waals surface area (Å²) in [6.45, 7) is 1.65. The molecule has 0 aliphatic heterocycles. The summed E-state index contributed by atoms with van der Waals surface area (Å²) in [5.74, 6) is 2.07. The maximum absolute atomic E-state index is 4.57. The molecule has 0 aliphatic rings. The summed E-state index contributed by atoms with van der Waals surface area (Å²) in [4.78, 5) is 15.5. The Balaban J connectivity index is 2.84. The highest BCUT2D eigenvalue weighted by molar-refractivity contribution is 7.98. The van der Waals surface area contributed by atoms with Crippen molar-refractivity contribution in [1.29, 1.82) is 0 Å². The summed E-state index contributed by atoms with van der Waals surface area (Å²) in [7, 11) is 4.05. The van der Waals surface area contributed by atoms with Crippen LogP contribution in [0.5, 0.6) is 0 Å². The number of rotatable bonds is 9. The number of pyridine rings is 1. The van der Waals surface area contributed by atoms with Gasteiger partial charge in [-0.3, -0.25) is 9.98 Å². The first kappa shape index (κ1) is 18.0. The number of aliphatic imine (C=N–C) groups is 2. The van der Waals surface area contributed by atoms with Crippen molar-refractivity contribution in [3.05, 3.63) is 23.5 Å². The zero-order chi connectivity index (χ0) is 15.5. The monoisotopic (exact) mass is 324 g/mol. The number of hydrogen-bond donors (Lipinski definition) is 0. The van der Waals surface area contributed by atoms with E-state index in [0.717, 1.165) is 41.7 Å². The van der Waals surface area contributed by atoms with Gasteiger partial charge in [0, 0.05) is 56.8 Å². The highest BCUT2D eigenvalue weighted by Crippen LogP contribution is 2.13. The molecule has 0 saturated carbocycles. The molecule has 0 radical (unpaired) electrons. The van der Waals surface area contributed by atoms with Gasteiger partial charge in [0.1, 0.15) is 0 Å². The maximum atomic E-state index is 4.57. The smallest absolute Gasteiger partial charge is 0.0836 e. The van der Waals surface area contributed by atoms with Crippen LogP contribution in [0.25, 0.3) is 0 Å². The van der Waals surface area contributed by atoms with Crippen LogP contribution in [0.3, 0.4) is 0 Å². The minimum atomic E-state index is 0.826. The van der Waals surface area contributed by atoms with E-state index in [1.54, 1.807) is 23.5 Å². The lowest BCUT2D eigenvalue weighted by molar-refractivity contribution is 1.10. The van der Waals surface area contributed by atoms with E-state index in [0.29, 0.717) is 0 Å². The zero-order valence-corrected chi connectivity index (χ0v) is 14.9. The van der Waals surface area contributed by atoms with E-state index >= 15 is 0 Å². The van der Waals surface area contributed by atoms with Gasteiger partial charge in [0.25, 0.3) is 0 Å². The molecule has 0 amide bonds. The number of thioether (sulfide) groups is 2. The fraction of sp³-hybridized carbons (Fsp3) is 0.533. The molecule has 21 heavy (non-hydrogen) atoms. The number of nitrogens with zero attached hydrogens (tertiary/aromatic N) is 4. The molecule has 0 unspecified atom stereocenters. The van der Waals surface area contributed by atoms with E-state index < -0.39 is 0 Å². The largest absolute Gasteiger partial charge is 0.378 e. The Morgan fingerprint density at radius 1 is 1.00 bits per heavy atom. The molecule has 1 rings (SSSR count). The van der Waals surface area contributed by atoms with Gasteiger partial charge < -0.3 is 4.90 Å². The third kappa shape index (κ3) is 7.52. The van der Waals surface area contributed by atoms with Gasteiger partial charge in [0.15, 0.2) is 0 Å². The Bertz CT molecular complexity index is 436. The highest BCUT2D eigenvalue weighted by atomic mass is 32.2. The predicted octanol–water partition coefficient (Wildman–Crippen LogP) is 2.71.